The van der Waals surface area contributed by atoms with Crippen LogP contribution in [0.1, 0.15) is 16.7 Å². The molecule has 0 unspecified atom stereocenters. The maximum atomic E-state index is 12.5. The second-order valence-electron chi connectivity index (χ2n) is 5.86. The molecule has 1 amide bonds. The molecule has 0 aliphatic rings. The van der Waals surface area contributed by atoms with E-state index < -0.39 is 0 Å². The highest BCUT2D eigenvalue weighted by Gasteiger charge is 2.10. The lowest BCUT2D eigenvalue weighted by Gasteiger charge is -2.12. The fraction of sp³-hybridized carbons (Fsp3) is 0.136. The average molecular weight is 331 g/mol. The molecule has 25 heavy (non-hydrogen) atoms. The summed E-state index contributed by atoms with van der Waals surface area (Å²) in [5, 5.41) is 3.04. The number of amides is 1. The van der Waals surface area contributed by atoms with E-state index in [2.05, 4.69) is 17.4 Å². The van der Waals surface area contributed by atoms with Crippen LogP contribution in [0.3, 0.4) is 0 Å². The van der Waals surface area contributed by atoms with Crippen LogP contribution in [-0.4, -0.2) is 13.0 Å². The number of carbonyl (C=O) groups excluding carboxylic acids is 1. The second kappa shape index (κ2) is 8.15. The predicted octanol–water partition coefficient (Wildman–Crippen LogP) is 4.47. The lowest BCUT2D eigenvalue weighted by atomic mass is 10.0. The van der Waals surface area contributed by atoms with Crippen molar-refractivity contribution in [2.45, 2.75) is 12.8 Å². The van der Waals surface area contributed by atoms with Gasteiger partial charge >= 0.3 is 0 Å². The molecule has 3 heteroatoms. The molecule has 0 bridgehead atoms. The first kappa shape index (κ1) is 16.8. The molecule has 0 aliphatic heterocycles. The van der Waals surface area contributed by atoms with Gasteiger partial charge in [-0.2, -0.15) is 0 Å². The number of hydrogen-bond acceptors (Lipinski definition) is 2. The van der Waals surface area contributed by atoms with Gasteiger partial charge in [-0.1, -0.05) is 66.7 Å². The third kappa shape index (κ3) is 4.48. The van der Waals surface area contributed by atoms with Crippen molar-refractivity contribution < 1.29 is 9.53 Å². The molecule has 0 saturated heterocycles. The number of ether oxygens (including phenoxy) is 1. The normalized spacial score (nSPS) is 10.3. The molecule has 0 saturated carbocycles. The number of carbonyl (C=O) groups is 1. The van der Waals surface area contributed by atoms with Crippen LogP contribution >= 0.6 is 0 Å². The molecular formula is C22H21NO2. The van der Waals surface area contributed by atoms with Crippen molar-refractivity contribution >= 4 is 11.6 Å². The predicted molar refractivity (Wildman–Crippen MR) is 101 cm³/mol. The number of methoxy groups -OCH3 is 1. The van der Waals surface area contributed by atoms with Gasteiger partial charge in [-0.3, -0.25) is 4.79 Å². The second-order valence-corrected chi connectivity index (χ2v) is 5.86. The van der Waals surface area contributed by atoms with Crippen LogP contribution in [0.25, 0.3) is 0 Å². The summed E-state index contributed by atoms with van der Waals surface area (Å²) in [6, 6.07) is 25.7. The summed E-state index contributed by atoms with van der Waals surface area (Å²) in [6.45, 7) is 0. The SMILES string of the molecule is COc1ccccc1CC(=O)Nc1ccccc1Cc1ccccc1. The van der Waals surface area contributed by atoms with E-state index in [-0.39, 0.29) is 12.3 Å². The van der Waals surface area contributed by atoms with E-state index in [0.29, 0.717) is 0 Å². The molecule has 0 aromatic heterocycles. The first-order chi connectivity index (χ1) is 12.3. The van der Waals surface area contributed by atoms with Crippen molar-refractivity contribution in [2.24, 2.45) is 0 Å². The zero-order chi connectivity index (χ0) is 17.5. The van der Waals surface area contributed by atoms with E-state index >= 15 is 0 Å². The fourth-order valence-corrected chi connectivity index (χ4v) is 2.83. The molecule has 0 radical (unpaired) electrons. The summed E-state index contributed by atoms with van der Waals surface area (Å²) in [6.07, 6.45) is 1.07. The number of rotatable bonds is 6. The summed E-state index contributed by atoms with van der Waals surface area (Å²) < 4.78 is 5.32. The van der Waals surface area contributed by atoms with Crippen molar-refractivity contribution in [3.05, 3.63) is 95.6 Å². The summed E-state index contributed by atoms with van der Waals surface area (Å²) >= 11 is 0. The minimum absolute atomic E-state index is 0.0509. The highest BCUT2D eigenvalue weighted by Crippen LogP contribution is 2.21. The molecule has 1 N–H and O–H groups in total. The van der Waals surface area contributed by atoms with E-state index in [9.17, 15) is 4.79 Å². The Bertz CT molecular complexity index is 843. The molecule has 3 aromatic carbocycles. The van der Waals surface area contributed by atoms with Crippen molar-refractivity contribution in [3.63, 3.8) is 0 Å². The molecule has 0 atom stereocenters. The minimum atomic E-state index is -0.0509. The van der Waals surface area contributed by atoms with E-state index in [1.165, 1.54) is 5.56 Å². The van der Waals surface area contributed by atoms with E-state index in [1.807, 2.05) is 66.7 Å². The molecule has 3 nitrogen and oxygen atoms in total. The molecule has 0 heterocycles. The Kier molecular flexibility index (Phi) is 5.47. The van der Waals surface area contributed by atoms with Crippen LogP contribution < -0.4 is 10.1 Å². The monoisotopic (exact) mass is 331 g/mol. The molecule has 3 rings (SSSR count). The van der Waals surface area contributed by atoms with Gasteiger partial charge < -0.3 is 10.1 Å². The number of anilines is 1. The van der Waals surface area contributed by atoms with Gasteiger partial charge in [-0.05, 0) is 29.7 Å². The maximum absolute atomic E-state index is 12.5. The zero-order valence-electron chi connectivity index (χ0n) is 14.2. The third-order valence-electron chi connectivity index (χ3n) is 4.07. The summed E-state index contributed by atoms with van der Waals surface area (Å²) in [7, 11) is 1.62. The van der Waals surface area contributed by atoms with Crippen molar-refractivity contribution in [1.29, 1.82) is 0 Å². The molecule has 3 aromatic rings. The van der Waals surface area contributed by atoms with Crippen LogP contribution in [0.15, 0.2) is 78.9 Å². The lowest BCUT2D eigenvalue weighted by molar-refractivity contribution is -0.115. The van der Waals surface area contributed by atoms with Crippen LogP contribution in [0.4, 0.5) is 5.69 Å². The Morgan fingerprint density at radius 2 is 1.48 bits per heavy atom. The zero-order valence-corrected chi connectivity index (χ0v) is 14.2. The lowest BCUT2D eigenvalue weighted by Crippen LogP contribution is -2.16. The first-order valence-corrected chi connectivity index (χ1v) is 8.30. The molecular weight excluding hydrogens is 310 g/mol. The van der Waals surface area contributed by atoms with Crippen molar-refractivity contribution in [1.82, 2.24) is 0 Å². The minimum Gasteiger partial charge on any atom is -0.496 e. The van der Waals surface area contributed by atoms with Gasteiger partial charge in [0.25, 0.3) is 0 Å². The van der Waals surface area contributed by atoms with Gasteiger partial charge in [-0.25, -0.2) is 0 Å². The number of hydrogen-bond donors (Lipinski definition) is 1. The highest BCUT2D eigenvalue weighted by molar-refractivity contribution is 5.93. The smallest absolute Gasteiger partial charge is 0.228 e. The number of para-hydroxylation sites is 2. The largest absolute Gasteiger partial charge is 0.496 e. The van der Waals surface area contributed by atoms with E-state index in [0.717, 1.165) is 29.0 Å². The van der Waals surface area contributed by atoms with E-state index in [4.69, 9.17) is 4.74 Å². The number of benzene rings is 3. The molecule has 126 valence electrons. The Morgan fingerprint density at radius 1 is 0.840 bits per heavy atom. The van der Waals surface area contributed by atoms with Crippen molar-refractivity contribution in [3.8, 4) is 5.75 Å². The van der Waals surface area contributed by atoms with Crippen LogP contribution in [-0.2, 0) is 17.6 Å². The third-order valence-corrected chi connectivity index (χ3v) is 4.07. The Labute approximate surface area is 148 Å². The van der Waals surface area contributed by atoms with E-state index in [1.54, 1.807) is 7.11 Å². The van der Waals surface area contributed by atoms with Gasteiger partial charge in [0.15, 0.2) is 0 Å². The van der Waals surface area contributed by atoms with Crippen LogP contribution in [0.2, 0.25) is 0 Å². The van der Waals surface area contributed by atoms with Gasteiger partial charge in [0.05, 0.1) is 13.5 Å². The highest BCUT2D eigenvalue weighted by atomic mass is 16.5. The van der Waals surface area contributed by atoms with Gasteiger partial charge in [0.2, 0.25) is 5.91 Å². The summed E-state index contributed by atoms with van der Waals surface area (Å²) in [5.41, 5.74) is 4.05. The molecule has 0 fully saturated rings. The quantitative estimate of drug-likeness (QED) is 0.724. The van der Waals surface area contributed by atoms with Gasteiger partial charge in [-0.15, -0.1) is 0 Å². The maximum Gasteiger partial charge on any atom is 0.228 e. The Morgan fingerprint density at radius 3 is 2.24 bits per heavy atom. The van der Waals surface area contributed by atoms with Gasteiger partial charge in [0, 0.05) is 11.3 Å². The van der Waals surface area contributed by atoms with Gasteiger partial charge in [0.1, 0.15) is 5.75 Å². The average Bonchev–Trinajstić information content (AvgIpc) is 2.64. The topological polar surface area (TPSA) is 38.3 Å². The summed E-state index contributed by atoms with van der Waals surface area (Å²) in [5.74, 6) is 0.681. The fourth-order valence-electron chi connectivity index (χ4n) is 2.83. The first-order valence-electron chi connectivity index (χ1n) is 8.30. The molecule has 0 spiro atoms. The number of nitrogens with one attached hydrogen (secondary N) is 1. The van der Waals surface area contributed by atoms with Crippen LogP contribution in [0, 0.1) is 0 Å². The Hall–Kier alpha value is -3.07. The standard InChI is InChI=1S/C22H21NO2/c1-25-21-14-8-6-12-19(21)16-22(24)23-20-13-7-5-11-18(20)15-17-9-3-2-4-10-17/h2-14H,15-16H2,1H3,(H,23,24). The molecule has 0 aliphatic carbocycles. The Balaban J connectivity index is 1.73. The summed E-state index contributed by atoms with van der Waals surface area (Å²) in [4.78, 5) is 12.5. The van der Waals surface area contributed by atoms with Crippen LogP contribution in [0.5, 0.6) is 5.75 Å². The van der Waals surface area contributed by atoms with Crippen molar-refractivity contribution in [2.75, 3.05) is 12.4 Å².